The molecule has 2 aromatic heterocycles. The van der Waals surface area contributed by atoms with Crippen molar-refractivity contribution >= 4 is 34.7 Å². The van der Waals surface area contributed by atoms with Gasteiger partial charge in [0, 0.05) is 29.0 Å². The van der Waals surface area contributed by atoms with Crippen molar-refractivity contribution in [2.75, 3.05) is 19.0 Å². The van der Waals surface area contributed by atoms with Crippen LogP contribution in [0, 0.1) is 18.6 Å². The third-order valence-electron chi connectivity index (χ3n) is 3.61. The van der Waals surface area contributed by atoms with Crippen molar-refractivity contribution in [3.63, 3.8) is 0 Å². The SMILES string of the molecule is COc1cnc(CSc2nc(C)cs2)cc1OCC(=O)Nc1ccc(F)cc1F. The molecular formula is C19H17F2N3O3S2. The number of aryl methyl sites for hydroxylation is 1. The maximum absolute atomic E-state index is 13.6. The van der Waals surface area contributed by atoms with Crippen LogP contribution in [0.4, 0.5) is 14.5 Å². The molecule has 1 N–H and O–H groups in total. The number of halogens is 2. The number of thiazole rings is 1. The average molecular weight is 437 g/mol. The molecule has 0 spiro atoms. The first kappa shape index (κ1) is 21.0. The van der Waals surface area contributed by atoms with Crippen molar-refractivity contribution in [2.45, 2.75) is 17.0 Å². The standard InChI is InChI=1S/C19H17F2N3O3S2/c1-11-9-28-19(23-11)29-10-13-6-16(17(26-2)7-22-13)27-8-18(25)24-15-4-3-12(20)5-14(15)21/h3-7,9H,8,10H2,1-2H3,(H,24,25). The van der Waals surface area contributed by atoms with E-state index in [1.165, 1.54) is 13.3 Å². The fourth-order valence-corrected chi connectivity index (χ4v) is 4.02. The van der Waals surface area contributed by atoms with Gasteiger partial charge in [0.05, 0.1) is 24.7 Å². The topological polar surface area (TPSA) is 73.3 Å². The van der Waals surface area contributed by atoms with Gasteiger partial charge < -0.3 is 14.8 Å². The molecule has 0 atom stereocenters. The van der Waals surface area contributed by atoms with Gasteiger partial charge in [0.2, 0.25) is 0 Å². The zero-order valence-corrected chi connectivity index (χ0v) is 17.2. The van der Waals surface area contributed by atoms with Crippen LogP contribution in [0.25, 0.3) is 0 Å². The van der Waals surface area contributed by atoms with E-state index in [2.05, 4.69) is 15.3 Å². The summed E-state index contributed by atoms with van der Waals surface area (Å²) in [5, 5.41) is 4.31. The van der Waals surface area contributed by atoms with Gasteiger partial charge in [-0.2, -0.15) is 0 Å². The molecule has 0 unspecified atom stereocenters. The number of amides is 1. The monoisotopic (exact) mass is 437 g/mol. The molecule has 29 heavy (non-hydrogen) atoms. The van der Waals surface area contributed by atoms with E-state index in [1.54, 1.807) is 29.2 Å². The number of anilines is 1. The zero-order chi connectivity index (χ0) is 20.8. The van der Waals surface area contributed by atoms with Crippen LogP contribution in [-0.2, 0) is 10.5 Å². The molecule has 3 rings (SSSR count). The van der Waals surface area contributed by atoms with Crippen LogP contribution >= 0.6 is 23.1 Å². The van der Waals surface area contributed by atoms with Crippen molar-refractivity contribution in [3.8, 4) is 11.5 Å². The molecule has 2 heterocycles. The Labute approximate surface area is 174 Å². The first-order valence-corrected chi connectivity index (χ1v) is 10.3. The largest absolute Gasteiger partial charge is 0.491 e. The van der Waals surface area contributed by atoms with Crippen LogP contribution in [0.3, 0.4) is 0 Å². The van der Waals surface area contributed by atoms with Crippen LogP contribution in [0.1, 0.15) is 11.4 Å². The molecule has 0 aliphatic heterocycles. The number of thioether (sulfide) groups is 1. The van der Waals surface area contributed by atoms with Gasteiger partial charge in [0.25, 0.3) is 5.91 Å². The lowest BCUT2D eigenvalue weighted by Crippen LogP contribution is -2.21. The lowest BCUT2D eigenvalue weighted by atomic mass is 10.3. The summed E-state index contributed by atoms with van der Waals surface area (Å²) in [5.41, 5.74) is 1.56. The lowest BCUT2D eigenvalue weighted by Gasteiger charge is -2.12. The number of aromatic nitrogens is 2. The van der Waals surface area contributed by atoms with Crippen molar-refractivity contribution in [2.24, 2.45) is 0 Å². The third kappa shape index (κ3) is 5.88. The summed E-state index contributed by atoms with van der Waals surface area (Å²) >= 11 is 3.10. The van der Waals surface area contributed by atoms with Gasteiger partial charge in [-0.25, -0.2) is 13.8 Å². The average Bonchev–Trinajstić information content (AvgIpc) is 3.12. The Morgan fingerprint density at radius 3 is 2.79 bits per heavy atom. The first-order valence-electron chi connectivity index (χ1n) is 8.40. The Bertz CT molecular complexity index is 1010. The van der Waals surface area contributed by atoms with E-state index in [0.717, 1.165) is 27.9 Å². The van der Waals surface area contributed by atoms with E-state index in [-0.39, 0.29) is 12.3 Å². The van der Waals surface area contributed by atoms with Gasteiger partial charge in [0.1, 0.15) is 16.0 Å². The van der Waals surface area contributed by atoms with Crippen LogP contribution in [0.5, 0.6) is 11.5 Å². The fourth-order valence-electron chi connectivity index (χ4n) is 2.26. The number of carbonyl (C=O) groups is 1. The summed E-state index contributed by atoms with van der Waals surface area (Å²) in [6.45, 7) is 1.55. The predicted octanol–water partition coefficient (Wildman–Crippen LogP) is 4.44. The number of nitrogens with one attached hydrogen (secondary N) is 1. The highest BCUT2D eigenvalue weighted by Crippen LogP contribution is 2.30. The number of nitrogens with zero attached hydrogens (tertiary/aromatic N) is 2. The van der Waals surface area contributed by atoms with Crippen LogP contribution in [-0.4, -0.2) is 29.6 Å². The first-order chi connectivity index (χ1) is 13.9. The number of rotatable bonds is 8. The Morgan fingerprint density at radius 1 is 1.28 bits per heavy atom. The van der Waals surface area contributed by atoms with Gasteiger partial charge in [0.15, 0.2) is 18.1 Å². The van der Waals surface area contributed by atoms with E-state index >= 15 is 0 Å². The molecule has 0 bridgehead atoms. The van der Waals surface area contributed by atoms with Crippen molar-refractivity contribution in [1.82, 2.24) is 9.97 Å². The van der Waals surface area contributed by atoms with Gasteiger partial charge in [-0.3, -0.25) is 9.78 Å². The highest BCUT2D eigenvalue weighted by Gasteiger charge is 2.13. The molecule has 0 saturated carbocycles. The van der Waals surface area contributed by atoms with Crippen molar-refractivity contribution in [3.05, 3.63) is 58.9 Å². The second-order valence-electron chi connectivity index (χ2n) is 5.83. The van der Waals surface area contributed by atoms with Crippen molar-refractivity contribution < 1.29 is 23.0 Å². The van der Waals surface area contributed by atoms with Crippen LogP contribution in [0.2, 0.25) is 0 Å². The molecule has 6 nitrogen and oxygen atoms in total. The fraction of sp³-hybridized carbons (Fsp3) is 0.211. The molecule has 0 fully saturated rings. The number of benzene rings is 1. The van der Waals surface area contributed by atoms with Crippen LogP contribution in [0.15, 0.2) is 40.2 Å². The maximum atomic E-state index is 13.6. The Morgan fingerprint density at radius 2 is 2.10 bits per heavy atom. The number of ether oxygens (including phenoxy) is 2. The van der Waals surface area contributed by atoms with E-state index in [4.69, 9.17) is 9.47 Å². The molecule has 1 amide bonds. The molecule has 10 heteroatoms. The quantitative estimate of drug-likeness (QED) is 0.525. The number of hydrogen-bond donors (Lipinski definition) is 1. The normalized spacial score (nSPS) is 10.6. The minimum Gasteiger partial charge on any atom is -0.491 e. The van der Waals surface area contributed by atoms with E-state index in [9.17, 15) is 13.6 Å². The molecule has 0 aliphatic rings. The van der Waals surface area contributed by atoms with E-state index in [1.807, 2.05) is 12.3 Å². The maximum Gasteiger partial charge on any atom is 0.262 e. The molecule has 0 radical (unpaired) electrons. The summed E-state index contributed by atoms with van der Waals surface area (Å²) in [6, 6.07) is 4.57. The molecular weight excluding hydrogens is 420 g/mol. The Hall–Kier alpha value is -2.72. The summed E-state index contributed by atoms with van der Waals surface area (Å²) in [6.07, 6.45) is 1.51. The minimum absolute atomic E-state index is 0.127. The van der Waals surface area contributed by atoms with E-state index < -0.39 is 17.5 Å². The summed E-state index contributed by atoms with van der Waals surface area (Å²) in [7, 11) is 1.46. The molecule has 1 aromatic carbocycles. The van der Waals surface area contributed by atoms with E-state index in [0.29, 0.717) is 23.3 Å². The van der Waals surface area contributed by atoms with Crippen molar-refractivity contribution in [1.29, 1.82) is 0 Å². The van der Waals surface area contributed by atoms with Gasteiger partial charge in [-0.05, 0) is 19.1 Å². The molecule has 3 aromatic rings. The smallest absolute Gasteiger partial charge is 0.262 e. The Kier molecular flexibility index (Phi) is 6.99. The van der Waals surface area contributed by atoms with Gasteiger partial charge >= 0.3 is 0 Å². The summed E-state index contributed by atoms with van der Waals surface area (Å²) in [5.74, 6) is -0.912. The van der Waals surface area contributed by atoms with Crippen LogP contribution < -0.4 is 14.8 Å². The number of methoxy groups -OCH3 is 1. The predicted molar refractivity (Wildman–Crippen MR) is 108 cm³/mol. The summed E-state index contributed by atoms with van der Waals surface area (Å²) in [4.78, 5) is 20.8. The highest BCUT2D eigenvalue weighted by atomic mass is 32.2. The number of carbonyl (C=O) groups excluding carboxylic acids is 1. The second-order valence-corrected chi connectivity index (χ2v) is 7.91. The number of pyridine rings is 1. The molecule has 0 aliphatic carbocycles. The molecule has 152 valence electrons. The third-order valence-corrected chi connectivity index (χ3v) is 5.79. The number of hydrogen-bond acceptors (Lipinski definition) is 7. The second kappa shape index (κ2) is 9.66. The zero-order valence-electron chi connectivity index (χ0n) is 15.6. The molecule has 0 saturated heterocycles. The summed E-state index contributed by atoms with van der Waals surface area (Å²) < 4.78 is 38.3. The van der Waals surface area contributed by atoms with Gasteiger partial charge in [-0.15, -0.1) is 11.3 Å². The van der Waals surface area contributed by atoms with Gasteiger partial charge in [-0.1, -0.05) is 11.8 Å². The minimum atomic E-state index is -0.864. The lowest BCUT2D eigenvalue weighted by molar-refractivity contribution is -0.118. The Balaban J connectivity index is 1.61. The highest BCUT2D eigenvalue weighted by molar-refractivity contribution is 8.00.